The first kappa shape index (κ1) is 10.7. The maximum Gasteiger partial charge on any atom is 0.337 e. The minimum atomic E-state index is -0.337. The molecule has 0 unspecified atom stereocenters. The number of esters is 1. The summed E-state index contributed by atoms with van der Waals surface area (Å²) in [6.45, 7) is 7.34. The quantitative estimate of drug-likeness (QED) is 0.365. The highest BCUT2D eigenvalue weighted by Gasteiger charge is 2.03. The standard InChI is InChI=1S/C10H14O2/c1-5-6-9(7-8(2)3)10(11)12-4/h5-7H,1H2,2-4H3/b9-6+. The van der Waals surface area contributed by atoms with Crippen LogP contribution in [0.15, 0.2) is 36.0 Å². The van der Waals surface area contributed by atoms with Gasteiger partial charge in [0.2, 0.25) is 0 Å². The topological polar surface area (TPSA) is 26.3 Å². The van der Waals surface area contributed by atoms with Crippen LogP contribution in [-0.2, 0) is 9.53 Å². The molecule has 12 heavy (non-hydrogen) atoms. The Morgan fingerprint density at radius 1 is 1.42 bits per heavy atom. The van der Waals surface area contributed by atoms with Crippen LogP contribution < -0.4 is 0 Å². The zero-order valence-corrected chi connectivity index (χ0v) is 7.76. The Labute approximate surface area is 73.2 Å². The SMILES string of the molecule is C=C/C=C(\C=C(C)C)C(=O)OC. The van der Waals surface area contributed by atoms with E-state index < -0.39 is 0 Å². The highest BCUT2D eigenvalue weighted by Crippen LogP contribution is 2.04. The van der Waals surface area contributed by atoms with E-state index >= 15 is 0 Å². The largest absolute Gasteiger partial charge is 0.465 e. The van der Waals surface area contributed by atoms with Crippen molar-refractivity contribution in [2.45, 2.75) is 13.8 Å². The molecule has 0 aromatic heterocycles. The summed E-state index contributed by atoms with van der Waals surface area (Å²) >= 11 is 0. The summed E-state index contributed by atoms with van der Waals surface area (Å²) in [4.78, 5) is 11.1. The van der Waals surface area contributed by atoms with Crippen molar-refractivity contribution in [2.24, 2.45) is 0 Å². The molecule has 0 saturated carbocycles. The van der Waals surface area contributed by atoms with Crippen LogP contribution in [0.2, 0.25) is 0 Å². The second kappa shape index (κ2) is 5.35. The molecule has 0 radical (unpaired) electrons. The van der Waals surface area contributed by atoms with Gasteiger partial charge in [-0.15, -0.1) is 0 Å². The molecular formula is C10H14O2. The van der Waals surface area contributed by atoms with Crippen molar-refractivity contribution in [3.63, 3.8) is 0 Å². The minimum absolute atomic E-state index is 0.337. The van der Waals surface area contributed by atoms with Crippen LogP contribution in [0.3, 0.4) is 0 Å². The van der Waals surface area contributed by atoms with Gasteiger partial charge in [-0.3, -0.25) is 0 Å². The molecule has 0 aliphatic carbocycles. The van der Waals surface area contributed by atoms with E-state index in [2.05, 4.69) is 11.3 Å². The van der Waals surface area contributed by atoms with Gasteiger partial charge in [-0.25, -0.2) is 4.79 Å². The highest BCUT2D eigenvalue weighted by atomic mass is 16.5. The molecule has 0 heterocycles. The molecule has 66 valence electrons. The van der Waals surface area contributed by atoms with E-state index in [9.17, 15) is 4.79 Å². The Balaban J connectivity index is 4.68. The molecule has 0 aromatic carbocycles. The molecule has 0 bridgehead atoms. The molecular weight excluding hydrogens is 152 g/mol. The fraction of sp³-hybridized carbons (Fsp3) is 0.300. The van der Waals surface area contributed by atoms with Gasteiger partial charge in [-0.2, -0.15) is 0 Å². The summed E-state index contributed by atoms with van der Waals surface area (Å²) in [5.41, 5.74) is 1.57. The molecule has 2 nitrogen and oxygen atoms in total. The van der Waals surface area contributed by atoms with Crippen LogP contribution >= 0.6 is 0 Å². The average molecular weight is 166 g/mol. The first-order chi connectivity index (χ1) is 5.61. The van der Waals surface area contributed by atoms with Crippen molar-refractivity contribution in [2.75, 3.05) is 7.11 Å². The predicted octanol–water partition coefficient (Wildman–Crippen LogP) is 2.24. The van der Waals surface area contributed by atoms with Crippen LogP contribution in [-0.4, -0.2) is 13.1 Å². The van der Waals surface area contributed by atoms with E-state index in [1.165, 1.54) is 7.11 Å². The summed E-state index contributed by atoms with van der Waals surface area (Å²) in [5, 5.41) is 0. The predicted molar refractivity (Wildman–Crippen MR) is 49.7 cm³/mol. The maximum atomic E-state index is 11.1. The average Bonchev–Trinajstić information content (AvgIpc) is 2.01. The third-order valence-corrected chi connectivity index (χ3v) is 1.16. The van der Waals surface area contributed by atoms with Crippen LogP contribution in [0.4, 0.5) is 0 Å². The molecule has 0 rings (SSSR count). The Bertz CT molecular complexity index is 230. The summed E-state index contributed by atoms with van der Waals surface area (Å²) in [6.07, 6.45) is 4.94. The summed E-state index contributed by atoms with van der Waals surface area (Å²) in [7, 11) is 1.36. The van der Waals surface area contributed by atoms with E-state index in [1.54, 1.807) is 18.2 Å². The smallest absolute Gasteiger partial charge is 0.337 e. The van der Waals surface area contributed by atoms with Gasteiger partial charge >= 0.3 is 5.97 Å². The molecule has 0 amide bonds. The lowest BCUT2D eigenvalue weighted by atomic mass is 10.2. The zero-order chi connectivity index (χ0) is 9.56. The minimum Gasteiger partial charge on any atom is -0.465 e. The third-order valence-electron chi connectivity index (χ3n) is 1.16. The fourth-order valence-corrected chi connectivity index (χ4v) is 0.731. The molecule has 0 atom stereocenters. The second-order valence-electron chi connectivity index (χ2n) is 2.57. The number of hydrogen-bond donors (Lipinski definition) is 0. The number of rotatable bonds is 3. The van der Waals surface area contributed by atoms with Gasteiger partial charge in [-0.05, 0) is 26.0 Å². The second-order valence-corrected chi connectivity index (χ2v) is 2.57. The van der Waals surface area contributed by atoms with E-state index in [1.807, 2.05) is 13.8 Å². The normalized spacial score (nSPS) is 10.4. The van der Waals surface area contributed by atoms with Gasteiger partial charge in [0.25, 0.3) is 0 Å². The Hall–Kier alpha value is -1.31. The lowest BCUT2D eigenvalue weighted by Gasteiger charge is -1.98. The van der Waals surface area contributed by atoms with Crippen molar-refractivity contribution in [3.8, 4) is 0 Å². The molecule has 0 fully saturated rings. The van der Waals surface area contributed by atoms with E-state index in [4.69, 9.17) is 0 Å². The van der Waals surface area contributed by atoms with Crippen molar-refractivity contribution in [3.05, 3.63) is 36.0 Å². The molecule has 0 N–H and O–H groups in total. The van der Waals surface area contributed by atoms with Crippen molar-refractivity contribution >= 4 is 5.97 Å². The van der Waals surface area contributed by atoms with Gasteiger partial charge in [0, 0.05) is 0 Å². The lowest BCUT2D eigenvalue weighted by Crippen LogP contribution is -2.02. The van der Waals surface area contributed by atoms with Crippen molar-refractivity contribution in [1.29, 1.82) is 0 Å². The van der Waals surface area contributed by atoms with Gasteiger partial charge in [0.1, 0.15) is 0 Å². The van der Waals surface area contributed by atoms with Crippen LogP contribution in [0, 0.1) is 0 Å². The van der Waals surface area contributed by atoms with Gasteiger partial charge in [0.05, 0.1) is 12.7 Å². The molecule has 0 saturated heterocycles. The number of allylic oxidation sites excluding steroid dienone is 3. The molecule has 0 spiro atoms. The van der Waals surface area contributed by atoms with E-state index in [-0.39, 0.29) is 5.97 Å². The molecule has 2 heteroatoms. The van der Waals surface area contributed by atoms with Crippen molar-refractivity contribution in [1.82, 2.24) is 0 Å². The third kappa shape index (κ3) is 3.76. The molecule has 0 aliphatic rings. The number of hydrogen-bond acceptors (Lipinski definition) is 2. The zero-order valence-electron chi connectivity index (χ0n) is 7.76. The monoisotopic (exact) mass is 166 g/mol. The first-order valence-electron chi connectivity index (χ1n) is 3.67. The Kier molecular flexibility index (Phi) is 4.77. The van der Waals surface area contributed by atoms with Crippen molar-refractivity contribution < 1.29 is 9.53 Å². The number of carbonyl (C=O) groups excluding carboxylic acids is 1. The summed E-state index contributed by atoms with van der Waals surface area (Å²) in [5.74, 6) is -0.337. The van der Waals surface area contributed by atoms with E-state index in [0.29, 0.717) is 5.57 Å². The lowest BCUT2D eigenvalue weighted by molar-refractivity contribution is -0.135. The Morgan fingerprint density at radius 3 is 2.33 bits per heavy atom. The number of ether oxygens (including phenoxy) is 1. The van der Waals surface area contributed by atoms with E-state index in [0.717, 1.165) is 5.57 Å². The fourth-order valence-electron chi connectivity index (χ4n) is 0.731. The first-order valence-corrected chi connectivity index (χ1v) is 3.67. The molecule has 0 aromatic rings. The number of carbonyl (C=O) groups is 1. The van der Waals surface area contributed by atoms with Gasteiger partial charge < -0.3 is 4.74 Å². The van der Waals surface area contributed by atoms with Gasteiger partial charge in [-0.1, -0.05) is 18.2 Å². The summed E-state index contributed by atoms with van der Waals surface area (Å²) < 4.78 is 4.57. The van der Waals surface area contributed by atoms with Crippen LogP contribution in [0.1, 0.15) is 13.8 Å². The summed E-state index contributed by atoms with van der Waals surface area (Å²) in [6, 6.07) is 0. The highest BCUT2D eigenvalue weighted by molar-refractivity contribution is 5.91. The molecule has 0 aliphatic heterocycles. The van der Waals surface area contributed by atoms with Crippen LogP contribution in [0.25, 0.3) is 0 Å². The maximum absolute atomic E-state index is 11.1. The Morgan fingerprint density at radius 2 is 2.00 bits per heavy atom. The van der Waals surface area contributed by atoms with Gasteiger partial charge in [0.15, 0.2) is 0 Å². The number of methoxy groups -OCH3 is 1. The van der Waals surface area contributed by atoms with Crippen LogP contribution in [0.5, 0.6) is 0 Å².